The van der Waals surface area contributed by atoms with Crippen LogP contribution in [-0.2, 0) is 0 Å². The average Bonchev–Trinajstić information content (AvgIpc) is 2.12. The van der Waals surface area contributed by atoms with Crippen LogP contribution in [0.1, 0.15) is 0 Å². The Morgan fingerprint density at radius 1 is 1.50 bits per heavy atom. The predicted octanol–water partition coefficient (Wildman–Crippen LogP) is -2.58. The Balaban J connectivity index is 2.57. The smallest absolute Gasteiger partial charge is 0.197 e. The maximum absolute atomic E-state index is 9.86. The van der Waals surface area contributed by atoms with Crippen LogP contribution in [0.3, 0.4) is 0 Å². The zero-order valence-electron chi connectivity index (χ0n) is 4.52. The number of thiazole rings is 1. The number of aromatic nitrogens is 1. The zero-order chi connectivity index (χ0) is 7.61. The number of nitrogens with zero attached hydrogens (tertiary/aromatic N) is 1. The van der Waals surface area contributed by atoms with Gasteiger partial charge in [0.05, 0.1) is 0 Å². The van der Waals surface area contributed by atoms with E-state index in [9.17, 15) is 14.0 Å². The molecule has 56 valence electrons. The van der Waals surface area contributed by atoms with Crippen LogP contribution in [0.5, 0.6) is 5.19 Å². The number of rotatable bonds is 2. The number of halogens is 1. The van der Waals surface area contributed by atoms with Gasteiger partial charge in [-0.15, -0.1) is 0 Å². The van der Waals surface area contributed by atoms with Crippen molar-refractivity contribution in [3.05, 3.63) is 11.6 Å². The van der Waals surface area contributed by atoms with Crippen molar-refractivity contribution >= 4 is 11.3 Å². The third-order valence-electron chi connectivity index (χ3n) is 0.570. The van der Waals surface area contributed by atoms with Crippen LogP contribution in [-0.4, -0.2) is 4.98 Å². The van der Waals surface area contributed by atoms with E-state index in [1.165, 1.54) is 11.6 Å². The van der Waals surface area contributed by atoms with E-state index in [-0.39, 0.29) is 5.19 Å². The average molecular weight is 184 g/mol. The van der Waals surface area contributed by atoms with Gasteiger partial charge in [-0.2, -0.15) is 19.0 Å². The van der Waals surface area contributed by atoms with Gasteiger partial charge in [-0.3, -0.25) is 0 Å². The monoisotopic (exact) mass is 183 g/mol. The molecule has 0 saturated heterocycles. The minimum absolute atomic E-state index is 0.170. The highest BCUT2D eigenvalue weighted by Gasteiger charge is 2.20. The van der Waals surface area contributed by atoms with Gasteiger partial charge in [-0.25, -0.2) is 0 Å². The molecule has 0 fully saturated rings. The van der Waals surface area contributed by atoms with Crippen LogP contribution in [0.25, 0.3) is 0 Å². The van der Waals surface area contributed by atoms with Crippen LogP contribution < -0.4 is 18.3 Å². The molecule has 0 radical (unpaired) electrons. The van der Waals surface area contributed by atoms with E-state index in [4.69, 9.17) is 0 Å². The maximum Gasteiger partial charge on any atom is 0.437 e. The molecule has 0 amide bonds. The molecule has 0 aliphatic carbocycles. The van der Waals surface area contributed by atoms with Gasteiger partial charge in [0.2, 0.25) is 0 Å². The summed E-state index contributed by atoms with van der Waals surface area (Å²) in [6, 6.07) is 0. The normalized spacial score (nSPS) is 11.5. The first-order chi connectivity index (χ1) is 4.58. The van der Waals surface area contributed by atoms with E-state index in [0.717, 1.165) is 11.3 Å². The van der Waals surface area contributed by atoms with Crippen molar-refractivity contribution < 1.29 is 28.5 Å². The molecule has 0 saturated carbocycles. The lowest BCUT2D eigenvalue weighted by Crippen LogP contribution is -2.63. The Morgan fingerprint density at radius 3 is 2.60 bits per heavy atom. The second kappa shape index (κ2) is 2.69. The summed E-state index contributed by atoms with van der Waals surface area (Å²) >= 11 is 0.930. The lowest BCUT2D eigenvalue weighted by atomic mass is 11.0. The fraction of sp³-hybridized carbons (Fsp3) is 0. The lowest BCUT2D eigenvalue weighted by molar-refractivity contribution is -1.91. The molecule has 0 aliphatic rings. The molecular weight excluding hydrogens is 182 g/mol. The van der Waals surface area contributed by atoms with E-state index in [1.807, 2.05) is 0 Å². The standard InChI is InChI=1S/C3H2ClNO4S/c6-4(7,8)9-3-5-1-2-10-3/h1-2H. The fourth-order valence-corrected chi connectivity index (χ4v) is 1.27. The van der Waals surface area contributed by atoms with E-state index in [0.29, 0.717) is 0 Å². The van der Waals surface area contributed by atoms with E-state index >= 15 is 0 Å². The first kappa shape index (κ1) is 7.70. The Morgan fingerprint density at radius 2 is 2.20 bits per heavy atom. The van der Waals surface area contributed by atoms with Gasteiger partial charge < -0.3 is 0 Å². The van der Waals surface area contributed by atoms with E-state index in [1.54, 1.807) is 0 Å². The second-order valence-corrected chi connectivity index (χ2v) is 3.02. The van der Waals surface area contributed by atoms with E-state index in [2.05, 4.69) is 9.27 Å². The zero-order valence-corrected chi connectivity index (χ0v) is 6.09. The van der Waals surface area contributed by atoms with E-state index < -0.39 is 10.2 Å². The van der Waals surface area contributed by atoms with Crippen molar-refractivity contribution in [3.63, 3.8) is 0 Å². The maximum atomic E-state index is 9.86. The van der Waals surface area contributed by atoms with Crippen molar-refractivity contribution in [2.24, 2.45) is 0 Å². The van der Waals surface area contributed by atoms with Gasteiger partial charge in [0.25, 0.3) is 0 Å². The highest BCUT2D eigenvalue weighted by Crippen LogP contribution is 2.15. The van der Waals surface area contributed by atoms with Crippen LogP contribution in [0, 0.1) is 10.2 Å². The molecule has 0 atom stereocenters. The molecule has 0 unspecified atom stereocenters. The third kappa shape index (κ3) is 2.46. The van der Waals surface area contributed by atoms with Gasteiger partial charge in [0.15, 0.2) is 0 Å². The summed E-state index contributed by atoms with van der Waals surface area (Å²) in [5.41, 5.74) is 0. The third-order valence-corrected chi connectivity index (χ3v) is 1.64. The molecule has 0 aromatic carbocycles. The fourth-order valence-electron chi connectivity index (χ4n) is 0.329. The number of hydrogen-bond donors (Lipinski definition) is 0. The summed E-state index contributed by atoms with van der Waals surface area (Å²) in [6.45, 7) is 0. The summed E-state index contributed by atoms with van der Waals surface area (Å²) in [5.74, 6) is 0. The summed E-state index contributed by atoms with van der Waals surface area (Å²) in [5, 5.41) is 1.33. The van der Waals surface area contributed by atoms with Crippen LogP contribution in [0.15, 0.2) is 11.6 Å². The Labute approximate surface area is 62.2 Å². The summed E-state index contributed by atoms with van der Waals surface area (Å²) in [6.07, 6.45) is 1.33. The molecule has 1 aromatic rings. The largest absolute Gasteiger partial charge is 0.437 e. The molecule has 1 heterocycles. The van der Waals surface area contributed by atoms with Crippen LogP contribution in [0.4, 0.5) is 0 Å². The van der Waals surface area contributed by atoms with Crippen LogP contribution in [0.2, 0.25) is 0 Å². The minimum Gasteiger partial charge on any atom is -0.197 e. The Kier molecular flexibility index (Phi) is 2.07. The lowest BCUT2D eigenvalue weighted by Gasteiger charge is -2.09. The highest BCUT2D eigenvalue weighted by atomic mass is 35.7. The van der Waals surface area contributed by atoms with Gasteiger partial charge in [0, 0.05) is 11.6 Å². The van der Waals surface area contributed by atoms with Crippen molar-refractivity contribution in [1.82, 2.24) is 4.98 Å². The molecule has 10 heavy (non-hydrogen) atoms. The van der Waals surface area contributed by atoms with Crippen molar-refractivity contribution in [2.45, 2.75) is 0 Å². The molecule has 0 bridgehead atoms. The SMILES string of the molecule is [O-][Cl+3]([O-])([O-])Oc1nccs1. The summed E-state index contributed by atoms with van der Waals surface area (Å²) < 4.78 is 33.4. The summed E-state index contributed by atoms with van der Waals surface area (Å²) in [7, 11) is -4.39. The Hall–Kier alpha value is -0.400. The second-order valence-electron chi connectivity index (χ2n) is 1.25. The minimum atomic E-state index is -4.39. The van der Waals surface area contributed by atoms with Crippen LogP contribution >= 0.6 is 11.3 Å². The summed E-state index contributed by atoms with van der Waals surface area (Å²) in [4.78, 5) is 3.41. The molecule has 1 aromatic heterocycles. The van der Waals surface area contributed by atoms with Crippen molar-refractivity contribution in [2.75, 3.05) is 0 Å². The van der Waals surface area contributed by atoms with Gasteiger partial charge >= 0.3 is 5.19 Å². The molecule has 1 rings (SSSR count). The molecule has 0 N–H and O–H groups in total. The molecular formula is C3H2ClNO4S. The first-order valence-corrected chi connectivity index (χ1v) is 4.19. The molecule has 0 spiro atoms. The first-order valence-electron chi connectivity index (χ1n) is 2.08. The Bertz CT molecular complexity index is 195. The number of hydrogen-bond acceptors (Lipinski definition) is 6. The predicted molar refractivity (Wildman–Crippen MR) is 22.7 cm³/mol. The topological polar surface area (TPSA) is 91.3 Å². The van der Waals surface area contributed by atoms with Gasteiger partial charge in [-0.05, 0) is 4.29 Å². The quantitative estimate of drug-likeness (QED) is 0.502. The van der Waals surface area contributed by atoms with Gasteiger partial charge in [-0.1, -0.05) is 11.3 Å². The van der Waals surface area contributed by atoms with Crippen molar-refractivity contribution in [3.8, 4) is 5.19 Å². The highest BCUT2D eigenvalue weighted by molar-refractivity contribution is 7.11. The van der Waals surface area contributed by atoms with Crippen molar-refractivity contribution in [1.29, 1.82) is 0 Å². The van der Waals surface area contributed by atoms with Gasteiger partial charge in [0.1, 0.15) is 10.2 Å². The molecule has 0 aliphatic heterocycles. The molecule has 5 nitrogen and oxygen atoms in total. The molecule has 7 heteroatoms.